The van der Waals surface area contributed by atoms with Crippen LogP contribution < -0.4 is 4.74 Å². The van der Waals surface area contributed by atoms with Crippen molar-refractivity contribution < 1.29 is 19.4 Å². The van der Waals surface area contributed by atoms with Crippen molar-refractivity contribution in [2.75, 3.05) is 46.4 Å². The highest BCUT2D eigenvalue weighted by Gasteiger charge is 2.25. The number of nitrogens with zero attached hydrogens (tertiary/aromatic N) is 2. The molecule has 1 N–H and O–H groups in total. The fourth-order valence-corrected chi connectivity index (χ4v) is 3.65. The van der Waals surface area contributed by atoms with Crippen LogP contribution in [-0.4, -0.2) is 73.4 Å². The van der Waals surface area contributed by atoms with Crippen molar-refractivity contribution in [3.63, 3.8) is 0 Å². The predicted octanol–water partition coefficient (Wildman–Crippen LogP) is 1.49. The first-order valence-corrected chi connectivity index (χ1v) is 8.57. The monoisotopic (exact) mass is 354 g/mol. The summed E-state index contributed by atoms with van der Waals surface area (Å²) >= 11 is 6.23. The molecule has 1 fully saturated rings. The van der Waals surface area contributed by atoms with Gasteiger partial charge in [-0.3, -0.25) is 14.6 Å². The lowest BCUT2D eigenvalue weighted by Crippen LogP contribution is -2.47. The molecule has 7 heteroatoms. The number of benzene rings is 1. The number of carboxylic acids is 1. The van der Waals surface area contributed by atoms with Crippen LogP contribution in [0.2, 0.25) is 5.02 Å². The fraction of sp³-hybridized carbons (Fsp3) is 0.588. The molecule has 6 nitrogen and oxygen atoms in total. The molecule has 1 unspecified atom stereocenters. The number of likely N-dealkylation sites (N-methyl/N-ethyl adjacent to an activating group) is 1. The molecular weight excluding hydrogens is 332 g/mol. The van der Waals surface area contributed by atoms with Gasteiger partial charge in [-0.15, -0.1) is 0 Å². The molecule has 2 aliphatic rings. The zero-order valence-electron chi connectivity index (χ0n) is 13.8. The Hall–Kier alpha value is -1.34. The number of hydrogen-bond acceptors (Lipinski definition) is 5. The van der Waals surface area contributed by atoms with E-state index in [1.807, 2.05) is 12.1 Å². The van der Waals surface area contributed by atoms with Gasteiger partial charge in [0.05, 0.1) is 25.9 Å². The standard InChI is InChI=1S/C17H23ClN2O4/c1-19(11-16(21)22)9-15-10-20(3-5-23-15)8-13-7-14(18)6-12-2-4-24-17(12)13/h6-7,15H,2-5,8-11H2,1H3,(H,21,22). The van der Waals surface area contributed by atoms with Crippen LogP contribution in [0.1, 0.15) is 11.1 Å². The summed E-state index contributed by atoms with van der Waals surface area (Å²) in [4.78, 5) is 14.9. The molecule has 0 spiro atoms. The zero-order chi connectivity index (χ0) is 17.1. The van der Waals surface area contributed by atoms with Crippen LogP contribution in [0, 0.1) is 0 Å². The Morgan fingerprint density at radius 2 is 2.29 bits per heavy atom. The average molecular weight is 355 g/mol. The van der Waals surface area contributed by atoms with Gasteiger partial charge < -0.3 is 14.6 Å². The molecule has 1 aromatic carbocycles. The molecule has 0 amide bonds. The van der Waals surface area contributed by atoms with Crippen molar-refractivity contribution in [1.82, 2.24) is 9.80 Å². The Kier molecular flexibility index (Phi) is 5.61. The first kappa shape index (κ1) is 17.5. The van der Waals surface area contributed by atoms with Gasteiger partial charge in [0.25, 0.3) is 0 Å². The van der Waals surface area contributed by atoms with Crippen molar-refractivity contribution in [3.8, 4) is 5.75 Å². The Morgan fingerprint density at radius 3 is 3.08 bits per heavy atom. The third-order valence-electron chi connectivity index (χ3n) is 4.36. The second kappa shape index (κ2) is 7.70. The number of fused-ring (bicyclic) bond motifs is 1. The Bertz CT molecular complexity index is 610. The van der Waals surface area contributed by atoms with Gasteiger partial charge in [-0.05, 0) is 24.7 Å². The number of carbonyl (C=O) groups is 1. The molecule has 132 valence electrons. The molecule has 2 aliphatic heterocycles. The lowest BCUT2D eigenvalue weighted by molar-refractivity contribution is -0.138. The van der Waals surface area contributed by atoms with Crippen LogP contribution in [0.5, 0.6) is 5.75 Å². The second-order valence-electron chi connectivity index (χ2n) is 6.47. The number of morpholine rings is 1. The minimum absolute atomic E-state index is 0.0104. The van der Waals surface area contributed by atoms with Crippen molar-refractivity contribution in [2.45, 2.75) is 19.1 Å². The highest BCUT2D eigenvalue weighted by molar-refractivity contribution is 6.30. The number of ether oxygens (including phenoxy) is 2. The van der Waals surface area contributed by atoms with E-state index in [-0.39, 0.29) is 12.6 Å². The van der Waals surface area contributed by atoms with Gasteiger partial charge in [0.2, 0.25) is 0 Å². The quantitative estimate of drug-likeness (QED) is 0.835. The van der Waals surface area contributed by atoms with Gasteiger partial charge in [-0.1, -0.05) is 11.6 Å². The molecule has 1 aromatic rings. The van der Waals surface area contributed by atoms with E-state index in [1.54, 1.807) is 11.9 Å². The largest absolute Gasteiger partial charge is 0.493 e. The van der Waals surface area contributed by atoms with Crippen molar-refractivity contribution in [3.05, 3.63) is 28.3 Å². The minimum Gasteiger partial charge on any atom is -0.493 e. The maximum atomic E-state index is 10.8. The van der Waals surface area contributed by atoms with Crippen LogP contribution in [0.15, 0.2) is 12.1 Å². The summed E-state index contributed by atoms with van der Waals surface area (Å²) < 4.78 is 11.6. The third-order valence-corrected chi connectivity index (χ3v) is 4.58. The highest BCUT2D eigenvalue weighted by Crippen LogP contribution is 2.33. The summed E-state index contributed by atoms with van der Waals surface area (Å²) in [7, 11) is 1.80. The summed E-state index contributed by atoms with van der Waals surface area (Å²) in [6, 6.07) is 3.96. The van der Waals surface area contributed by atoms with Crippen molar-refractivity contribution in [2.24, 2.45) is 0 Å². The minimum atomic E-state index is -0.822. The van der Waals surface area contributed by atoms with Crippen LogP contribution in [-0.2, 0) is 22.5 Å². The molecule has 3 rings (SSSR count). The molecule has 0 saturated carbocycles. The maximum absolute atomic E-state index is 10.8. The van der Waals surface area contributed by atoms with Gasteiger partial charge in [-0.25, -0.2) is 0 Å². The average Bonchev–Trinajstić information content (AvgIpc) is 2.94. The summed E-state index contributed by atoms with van der Waals surface area (Å²) in [5, 5.41) is 9.61. The number of aliphatic carboxylic acids is 1. The topological polar surface area (TPSA) is 62.2 Å². The van der Waals surface area contributed by atoms with E-state index in [0.717, 1.165) is 42.4 Å². The van der Waals surface area contributed by atoms with Crippen LogP contribution in [0.25, 0.3) is 0 Å². The van der Waals surface area contributed by atoms with E-state index in [1.165, 1.54) is 5.56 Å². The van der Waals surface area contributed by atoms with Gasteiger partial charge in [0.15, 0.2) is 0 Å². The molecule has 0 aliphatic carbocycles. The Morgan fingerprint density at radius 1 is 1.46 bits per heavy atom. The van der Waals surface area contributed by atoms with Gasteiger partial charge >= 0.3 is 5.97 Å². The number of halogens is 1. The predicted molar refractivity (Wildman–Crippen MR) is 90.8 cm³/mol. The molecule has 0 bridgehead atoms. The van der Waals surface area contributed by atoms with Crippen LogP contribution in [0.4, 0.5) is 0 Å². The fourth-order valence-electron chi connectivity index (χ4n) is 3.38. The van der Waals surface area contributed by atoms with Gasteiger partial charge in [-0.2, -0.15) is 0 Å². The van der Waals surface area contributed by atoms with Crippen molar-refractivity contribution in [1.29, 1.82) is 0 Å². The molecule has 0 radical (unpaired) electrons. The molecular formula is C17H23ClN2O4. The summed E-state index contributed by atoms with van der Waals surface area (Å²) in [5.41, 5.74) is 2.30. The molecule has 0 aromatic heterocycles. The summed E-state index contributed by atoms with van der Waals surface area (Å²) in [5.74, 6) is 0.155. The van der Waals surface area contributed by atoms with Crippen LogP contribution >= 0.6 is 11.6 Å². The van der Waals surface area contributed by atoms with E-state index in [9.17, 15) is 4.79 Å². The lowest BCUT2D eigenvalue weighted by atomic mass is 10.1. The first-order chi connectivity index (χ1) is 11.5. The SMILES string of the molecule is CN(CC(=O)O)CC1CN(Cc2cc(Cl)cc3c2OCC3)CCO1. The van der Waals surface area contributed by atoms with E-state index in [2.05, 4.69) is 4.90 Å². The van der Waals surface area contributed by atoms with Gasteiger partial charge in [0, 0.05) is 43.2 Å². The maximum Gasteiger partial charge on any atom is 0.317 e. The molecule has 1 saturated heterocycles. The number of rotatable bonds is 6. The van der Waals surface area contributed by atoms with Crippen molar-refractivity contribution >= 4 is 17.6 Å². The Labute approximate surface area is 146 Å². The molecule has 24 heavy (non-hydrogen) atoms. The highest BCUT2D eigenvalue weighted by atomic mass is 35.5. The Balaban J connectivity index is 1.61. The zero-order valence-corrected chi connectivity index (χ0v) is 14.6. The lowest BCUT2D eigenvalue weighted by Gasteiger charge is -2.34. The van der Waals surface area contributed by atoms with E-state index >= 15 is 0 Å². The number of hydrogen-bond donors (Lipinski definition) is 1. The normalized spacial score (nSPS) is 20.9. The first-order valence-electron chi connectivity index (χ1n) is 8.19. The van der Waals surface area contributed by atoms with Crippen LogP contribution in [0.3, 0.4) is 0 Å². The van der Waals surface area contributed by atoms with Gasteiger partial charge in [0.1, 0.15) is 5.75 Å². The number of carboxylic acid groups (broad SMARTS) is 1. The molecule has 1 atom stereocenters. The van der Waals surface area contributed by atoms with E-state index in [0.29, 0.717) is 19.8 Å². The summed E-state index contributed by atoms with van der Waals surface area (Å²) in [6.07, 6.45) is 0.922. The smallest absolute Gasteiger partial charge is 0.317 e. The molecule has 2 heterocycles. The van der Waals surface area contributed by atoms with E-state index < -0.39 is 5.97 Å². The summed E-state index contributed by atoms with van der Waals surface area (Å²) in [6.45, 7) is 4.38. The third kappa shape index (κ3) is 4.39. The van der Waals surface area contributed by atoms with E-state index in [4.69, 9.17) is 26.2 Å². The second-order valence-corrected chi connectivity index (χ2v) is 6.91.